The van der Waals surface area contributed by atoms with Crippen molar-refractivity contribution in [3.05, 3.63) is 71.1 Å². The first-order valence-corrected chi connectivity index (χ1v) is 8.96. The molecule has 3 N–H and O–H groups in total. The molecular formula is C20H21ClN4. The smallest absolute Gasteiger partial charge is 0.123 e. The minimum absolute atomic E-state index is 0.322. The molecule has 0 amide bonds. The van der Waals surface area contributed by atoms with E-state index < -0.39 is 0 Å². The van der Waals surface area contributed by atoms with Crippen molar-refractivity contribution in [1.82, 2.24) is 14.9 Å². The molecule has 5 heteroatoms. The van der Waals surface area contributed by atoms with E-state index in [1.54, 1.807) is 0 Å². The van der Waals surface area contributed by atoms with Gasteiger partial charge in [-0.3, -0.25) is 4.90 Å². The highest BCUT2D eigenvalue weighted by Gasteiger charge is 2.28. The predicted octanol–water partition coefficient (Wildman–Crippen LogP) is 4.65. The summed E-state index contributed by atoms with van der Waals surface area (Å²) in [5.41, 5.74) is 10.1. The number of halogens is 1. The summed E-state index contributed by atoms with van der Waals surface area (Å²) in [5, 5.41) is 0.743. The molecule has 0 spiro atoms. The third kappa shape index (κ3) is 3.55. The fraction of sp³-hybridized carbons (Fsp3) is 0.250. The van der Waals surface area contributed by atoms with E-state index in [9.17, 15) is 0 Å². The molecule has 0 aliphatic carbocycles. The zero-order valence-corrected chi connectivity index (χ0v) is 14.7. The number of nitrogens with two attached hydrogens (primary N) is 1. The summed E-state index contributed by atoms with van der Waals surface area (Å²) in [7, 11) is 0. The number of benzene rings is 2. The van der Waals surface area contributed by atoms with Crippen LogP contribution in [0.15, 0.2) is 54.7 Å². The number of aromatic nitrogens is 2. The van der Waals surface area contributed by atoms with Gasteiger partial charge in [0.05, 0.1) is 17.9 Å². The van der Waals surface area contributed by atoms with E-state index >= 15 is 0 Å². The number of rotatable bonds is 4. The summed E-state index contributed by atoms with van der Waals surface area (Å²) in [6, 6.07) is 16.3. The van der Waals surface area contributed by atoms with Crippen LogP contribution in [0.4, 0.5) is 5.69 Å². The highest BCUT2D eigenvalue weighted by molar-refractivity contribution is 6.30. The third-order valence-corrected chi connectivity index (χ3v) is 5.02. The molecule has 1 aliphatic heterocycles. The third-order valence-electron chi connectivity index (χ3n) is 4.77. The average molecular weight is 353 g/mol. The normalized spacial score (nSPS) is 17.9. The van der Waals surface area contributed by atoms with Gasteiger partial charge in [0.25, 0.3) is 0 Å². The maximum absolute atomic E-state index is 5.97. The summed E-state index contributed by atoms with van der Waals surface area (Å²) in [5.74, 6) is 1.03. The van der Waals surface area contributed by atoms with E-state index in [1.807, 2.05) is 42.6 Å². The Kier molecular flexibility index (Phi) is 4.47. The van der Waals surface area contributed by atoms with Gasteiger partial charge in [0.1, 0.15) is 5.82 Å². The van der Waals surface area contributed by atoms with Crippen LogP contribution in [0.25, 0.3) is 11.3 Å². The molecule has 2 heterocycles. The van der Waals surface area contributed by atoms with Crippen LogP contribution >= 0.6 is 11.6 Å². The van der Waals surface area contributed by atoms with Gasteiger partial charge in [0.2, 0.25) is 0 Å². The van der Waals surface area contributed by atoms with Crippen LogP contribution in [0.2, 0.25) is 5.02 Å². The van der Waals surface area contributed by atoms with Gasteiger partial charge in [0.15, 0.2) is 0 Å². The van der Waals surface area contributed by atoms with Gasteiger partial charge in [-0.1, -0.05) is 35.9 Å². The van der Waals surface area contributed by atoms with E-state index in [4.69, 9.17) is 17.3 Å². The molecule has 1 unspecified atom stereocenters. The van der Waals surface area contributed by atoms with Crippen LogP contribution in [0.1, 0.15) is 30.3 Å². The second kappa shape index (κ2) is 6.90. The van der Waals surface area contributed by atoms with Gasteiger partial charge in [-0.2, -0.15) is 0 Å². The van der Waals surface area contributed by atoms with Crippen molar-refractivity contribution in [2.24, 2.45) is 0 Å². The zero-order chi connectivity index (χ0) is 17.2. The summed E-state index contributed by atoms with van der Waals surface area (Å²) in [4.78, 5) is 10.6. The summed E-state index contributed by atoms with van der Waals surface area (Å²) < 4.78 is 0. The van der Waals surface area contributed by atoms with Crippen molar-refractivity contribution in [1.29, 1.82) is 0 Å². The second-order valence-corrected chi connectivity index (χ2v) is 7.00. The van der Waals surface area contributed by atoms with Crippen molar-refractivity contribution in [2.45, 2.75) is 25.4 Å². The number of H-pyrrole nitrogens is 1. The number of anilines is 1. The Bertz CT molecular complexity index is 856. The standard InChI is InChI=1S/C20H21ClN4/c21-16-8-6-15(7-9-16)18-12-23-20(24-18)19-5-2-10-25(19)13-14-3-1-4-17(22)11-14/h1,3-4,6-9,11-12,19H,2,5,10,13,22H2,(H,23,24). The van der Waals surface area contributed by atoms with Gasteiger partial charge in [0, 0.05) is 17.3 Å². The van der Waals surface area contributed by atoms with E-state index in [0.29, 0.717) is 6.04 Å². The quantitative estimate of drug-likeness (QED) is 0.672. The van der Waals surface area contributed by atoms with Crippen molar-refractivity contribution >= 4 is 17.3 Å². The molecule has 3 aromatic rings. The Balaban J connectivity index is 1.53. The lowest BCUT2D eigenvalue weighted by molar-refractivity contribution is 0.241. The van der Waals surface area contributed by atoms with Gasteiger partial charge in [-0.25, -0.2) is 4.98 Å². The lowest BCUT2D eigenvalue weighted by atomic mass is 10.1. The zero-order valence-electron chi connectivity index (χ0n) is 14.0. The molecule has 1 fully saturated rings. The molecule has 4 nitrogen and oxygen atoms in total. The fourth-order valence-corrected chi connectivity index (χ4v) is 3.66. The molecule has 2 aromatic carbocycles. The number of nitrogens with zero attached hydrogens (tertiary/aromatic N) is 2. The topological polar surface area (TPSA) is 57.9 Å². The highest BCUT2D eigenvalue weighted by atomic mass is 35.5. The predicted molar refractivity (Wildman–Crippen MR) is 102 cm³/mol. The second-order valence-electron chi connectivity index (χ2n) is 6.56. The molecule has 1 atom stereocenters. The molecule has 4 rings (SSSR count). The Morgan fingerprint density at radius 3 is 2.84 bits per heavy atom. The van der Waals surface area contributed by atoms with Gasteiger partial charge in [-0.05, 0) is 54.8 Å². The maximum atomic E-state index is 5.97. The number of aromatic amines is 1. The summed E-state index contributed by atoms with van der Waals surface area (Å²) >= 11 is 5.97. The van der Waals surface area contributed by atoms with E-state index in [1.165, 1.54) is 12.0 Å². The molecule has 1 saturated heterocycles. The van der Waals surface area contributed by atoms with Crippen LogP contribution in [-0.4, -0.2) is 21.4 Å². The van der Waals surface area contributed by atoms with Crippen molar-refractivity contribution in [3.8, 4) is 11.3 Å². The lowest BCUT2D eigenvalue weighted by Gasteiger charge is -2.23. The van der Waals surface area contributed by atoms with Crippen molar-refractivity contribution < 1.29 is 0 Å². The first-order chi connectivity index (χ1) is 12.2. The van der Waals surface area contributed by atoms with Gasteiger partial charge in [-0.15, -0.1) is 0 Å². The first kappa shape index (κ1) is 16.2. The minimum atomic E-state index is 0.322. The molecular weight excluding hydrogens is 332 g/mol. The number of hydrogen-bond acceptors (Lipinski definition) is 3. The Morgan fingerprint density at radius 2 is 2.04 bits per heavy atom. The van der Waals surface area contributed by atoms with Crippen LogP contribution in [0.3, 0.4) is 0 Å². The number of imidazole rings is 1. The summed E-state index contributed by atoms with van der Waals surface area (Å²) in [6.07, 6.45) is 4.22. The molecule has 25 heavy (non-hydrogen) atoms. The molecule has 1 aromatic heterocycles. The highest BCUT2D eigenvalue weighted by Crippen LogP contribution is 2.33. The molecule has 128 valence electrons. The average Bonchev–Trinajstić information content (AvgIpc) is 3.25. The molecule has 1 aliphatic rings. The van der Waals surface area contributed by atoms with E-state index in [2.05, 4.69) is 27.0 Å². The van der Waals surface area contributed by atoms with Gasteiger partial charge < -0.3 is 10.7 Å². The van der Waals surface area contributed by atoms with Crippen LogP contribution < -0.4 is 5.73 Å². The van der Waals surface area contributed by atoms with Crippen LogP contribution in [0, 0.1) is 0 Å². The maximum Gasteiger partial charge on any atom is 0.123 e. The molecule has 0 radical (unpaired) electrons. The van der Waals surface area contributed by atoms with Crippen molar-refractivity contribution in [3.63, 3.8) is 0 Å². The lowest BCUT2D eigenvalue weighted by Crippen LogP contribution is -2.23. The van der Waals surface area contributed by atoms with Crippen molar-refractivity contribution in [2.75, 3.05) is 12.3 Å². The van der Waals surface area contributed by atoms with E-state index in [-0.39, 0.29) is 0 Å². The summed E-state index contributed by atoms with van der Waals surface area (Å²) in [6.45, 7) is 1.98. The Hall–Kier alpha value is -2.30. The van der Waals surface area contributed by atoms with Gasteiger partial charge >= 0.3 is 0 Å². The SMILES string of the molecule is Nc1cccc(CN2CCCC2c2ncc(-c3ccc(Cl)cc3)[nH]2)c1. The fourth-order valence-electron chi connectivity index (χ4n) is 3.53. The number of hydrogen-bond donors (Lipinski definition) is 2. The van der Waals surface area contributed by atoms with Crippen LogP contribution in [0.5, 0.6) is 0 Å². The minimum Gasteiger partial charge on any atom is -0.399 e. The molecule has 0 bridgehead atoms. The van der Waals surface area contributed by atoms with E-state index in [0.717, 1.165) is 47.3 Å². The number of nitrogen functional groups attached to an aromatic ring is 1. The Morgan fingerprint density at radius 1 is 1.20 bits per heavy atom. The largest absolute Gasteiger partial charge is 0.399 e. The number of nitrogens with one attached hydrogen (secondary N) is 1. The monoisotopic (exact) mass is 352 g/mol. The van der Waals surface area contributed by atoms with Crippen LogP contribution in [-0.2, 0) is 6.54 Å². The first-order valence-electron chi connectivity index (χ1n) is 8.58. The Labute approximate surface area is 152 Å². The number of likely N-dealkylation sites (tertiary alicyclic amines) is 1. The molecule has 0 saturated carbocycles.